The number of nitrogens with one attached hydrogen (secondary N) is 2. The highest BCUT2D eigenvalue weighted by molar-refractivity contribution is 7.99. The zero-order valence-electron chi connectivity index (χ0n) is 12.4. The first-order chi connectivity index (χ1) is 10.2. The molecule has 0 spiro atoms. The summed E-state index contributed by atoms with van der Waals surface area (Å²) in [6.45, 7) is 3.79. The SMILES string of the molecule is CCCNc1cc(NCC2CCSCC2)cc([N+](=O)[O-])c1. The summed E-state index contributed by atoms with van der Waals surface area (Å²) < 4.78 is 0. The molecule has 1 fully saturated rings. The van der Waals surface area contributed by atoms with Crippen LogP contribution in [0.4, 0.5) is 17.1 Å². The highest BCUT2D eigenvalue weighted by Gasteiger charge is 2.14. The van der Waals surface area contributed by atoms with Gasteiger partial charge in [-0.05, 0) is 42.8 Å². The third-order valence-corrected chi connectivity index (χ3v) is 4.69. The zero-order valence-corrected chi connectivity index (χ0v) is 13.2. The molecule has 0 atom stereocenters. The highest BCUT2D eigenvalue weighted by Crippen LogP contribution is 2.26. The van der Waals surface area contributed by atoms with E-state index in [9.17, 15) is 10.1 Å². The molecule has 0 bridgehead atoms. The summed E-state index contributed by atoms with van der Waals surface area (Å²) in [6, 6.07) is 5.17. The van der Waals surface area contributed by atoms with Crippen molar-refractivity contribution >= 4 is 28.8 Å². The molecule has 2 N–H and O–H groups in total. The molecule has 0 aliphatic carbocycles. The number of rotatable bonds is 7. The highest BCUT2D eigenvalue weighted by atomic mass is 32.2. The molecule has 1 aliphatic rings. The largest absolute Gasteiger partial charge is 0.385 e. The van der Waals surface area contributed by atoms with Gasteiger partial charge in [0, 0.05) is 36.6 Å². The number of nitrogens with zero attached hydrogens (tertiary/aromatic N) is 1. The molecule has 2 rings (SSSR count). The molecule has 1 aromatic carbocycles. The number of anilines is 2. The normalized spacial score (nSPS) is 15.7. The van der Waals surface area contributed by atoms with E-state index in [2.05, 4.69) is 17.6 Å². The molecule has 0 aromatic heterocycles. The second-order valence-corrected chi connectivity index (χ2v) is 6.61. The lowest BCUT2D eigenvalue weighted by Crippen LogP contribution is -2.19. The van der Waals surface area contributed by atoms with Gasteiger partial charge in [-0.2, -0.15) is 11.8 Å². The van der Waals surface area contributed by atoms with Gasteiger partial charge in [-0.25, -0.2) is 0 Å². The van der Waals surface area contributed by atoms with E-state index in [1.807, 2.05) is 17.8 Å². The van der Waals surface area contributed by atoms with E-state index in [0.29, 0.717) is 5.92 Å². The van der Waals surface area contributed by atoms with Crippen LogP contribution < -0.4 is 10.6 Å². The molecule has 0 saturated carbocycles. The van der Waals surface area contributed by atoms with Gasteiger partial charge < -0.3 is 10.6 Å². The Hall–Kier alpha value is -1.43. The summed E-state index contributed by atoms with van der Waals surface area (Å²) in [7, 11) is 0. The van der Waals surface area contributed by atoms with E-state index in [4.69, 9.17) is 0 Å². The molecular formula is C15H23N3O2S. The second-order valence-electron chi connectivity index (χ2n) is 5.39. The molecule has 0 amide bonds. The molecule has 1 saturated heterocycles. The van der Waals surface area contributed by atoms with Gasteiger partial charge in [0.2, 0.25) is 0 Å². The summed E-state index contributed by atoms with van der Waals surface area (Å²) in [6.07, 6.45) is 3.45. The van der Waals surface area contributed by atoms with Crippen LogP contribution in [0.2, 0.25) is 0 Å². The fraction of sp³-hybridized carbons (Fsp3) is 0.600. The maximum atomic E-state index is 11.0. The van der Waals surface area contributed by atoms with Crippen molar-refractivity contribution < 1.29 is 4.92 Å². The minimum Gasteiger partial charge on any atom is -0.385 e. The fourth-order valence-corrected chi connectivity index (χ4v) is 3.61. The van der Waals surface area contributed by atoms with Gasteiger partial charge in [-0.15, -0.1) is 0 Å². The third kappa shape index (κ3) is 5.12. The first-order valence-electron chi connectivity index (χ1n) is 7.54. The molecule has 6 heteroatoms. The Kier molecular flexibility index (Phi) is 6.17. The number of hydrogen-bond donors (Lipinski definition) is 2. The Bertz CT molecular complexity index is 476. The molecule has 0 unspecified atom stereocenters. The van der Waals surface area contributed by atoms with E-state index in [0.717, 1.165) is 30.9 Å². The van der Waals surface area contributed by atoms with E-state index in [-0.39, 0.29) is 10.6 Å². The molecule has 1 aromatic rings. The Balaban J connectivity index is 2.02. The third-order valence-electron chi connectivity index (χ3n) is 3.64. The van der Waals surface area contributed by atoms with E-state index in [1.165, 1.54) is 24.3 Å². The molecular weight excluding hydrogens is 286 g/mol. The smallest absolute Gasteiger partial charge is 0.273 e. The maximum Gasteiger partial charge on any atom is 0.273 e. The summed E-state index contributed by atoms with van der Waals surface area (Å²) >= 11 is 2.01. The van der Waals surface area contributed by atoms with Gasteiger partial charge in [-0.1, -0.05) is 6.92 Å². The van der Waals surface area contributed by atoms with E-state index >= 15 is 0 Å². The quantitative estimate of drug-likeness (QED) is 0.589. The average Bonchev–Trinajstić information content (AvgIpc) is 2.51. The lowest BCUT2D eigenvalue weighted by Gasteiger charge is -2.22. The summed E-state index contributed by atoms with van der Waals surface area (Å²) in [4.78, 5) is 10.7. The van der Waals surface area contributed by atoms with Gasteiger partial charge in [0.1, 0.15) is 0 Å². The summed E-state index contributed by atoms with van der Waals surface area (Å²) in [5, 5.41) is 17.6. The van der Waals surface area contributed by atoms with Crippen LogP contribution in [0.15, 0.2) is 18.2 Å². The first-order valence-corrected chi connectivity index (χ1v) is 8.69. The van der Waals surface area contributed by atoms with Crippen molar-refractivity contribution in [2.75, 3.05) is 35.2 Å². The van der Waals surface area contributed by atoms with E-state index < -0.39 is 0 Å². The summed E-state index contributed by atoms with van der Waals surface area (Å²) in [5.74, 6) is 3.13. The van der Waals surface area contributed by atoms with Crippen molar-refractivity contribution in [3.63, 3.8) is 0 Å². The van der Waals surface area contributed by atoms with Crippen LogP contribution in [0.3, 0.4) is 0 Å². The molecule has 21 heavy (non-hydrogen) atoms. The molecule has 116 valence electrons. The number of thioether (sulfide) groups is 1. The monoisotopic (exact) mass is 309 g/mol. The molecule has 1 heterocycles. The predicted molar refractivity (Wildman–Crippen MR) is 90.4 cm³/mol. The number of nitro groups is 1. The van der Waals surface area contributed by atoms with Crippen LogP contribution in [0.5, 0.6) is 0 Å². The van der Waals surface area contributed by atoms with Crippen LogP contribution in [0, 0.1) is 16.0 Å². The molecule has 5 nitrogen and oxygen atoms in total. The van der Waals surface area contributed by atoms with Crippen molar-refractivity contribution in [1.82, 2.24) is 0 Å². The Morgan fingerprint density at radius 1 is 1.24 bits per heavy atom. The van der Waals surface area contributed by atoms with Gasteiger partial charge in [0.15, 0.2) is 0 Å². The van der Waals surface area contributed by atoms with E-state index in [1.54, 1.807) is 12.1 Å². The van der Waals surface area contributed by atoms with Crippen LogP contribution in [0.25, 0.3) is 0 Å². The average molecular weight is 309 g/mol. The number of non-ortho nitro benzene ring substituents is 1. The second kappa shape index (κ2) is 8.12. The van der Waals surface area contributed by atoms with Gasteiger partial charge in [0.05, 0.1) is 4.92 Å². The van der Waals surface area contributed by atoms with Crippen LogP contribution in [0.1, 0.15) is 26.2 Å². The Morgan fingerprint density at radius 3 is 2.52 bits per heavy atom. The molecule has 0 radical (unpaired) electrons. The van der Waals surface area contributed by atoms with Gasteiger partial charge >= 0.3 is 0 Å². The minimum absolute atomic E-state index is 0.137. The van der Waals surface area contributed by atoms with Crippen molar-refractivity contribution in [3.05, 3.63) is 28.3 Å². The standard InChI is InChI=1S/C15H23N3O2S/c1-2-5-16-13-8-14(10-15(9-13)18(19)20)17-11-12-3-6-21-7-4-12/h8-10,12,16-17H,2-7,11H2,1H3. The lowest BCUT2D eigenvalue weighted by molar-refractivity contribution is -0.384. The fourth-order valence-electron chi connectivity index (χ4n) is 2.40. The Morgan fingerprint density at radius 2 is 1.90 bits per heavy atom. The van der Waals surface area contributed by atoms with Crippen LogP contribution in [-0.2, 0) is 0 Å². The Labute approximate surface area is 130 Å². The molecule has 1 aliphatic heterocycles. The minimum atomic E-state index is -0.334. The van der Waals surface area contributed by atoms with Gasteiger partial charge in [0.25, 0.3) is 5.69 Å². The van der Waals surface area contributed by atoms with Crippen LogP contribution >= 0.6 is 11.8 Å². The maximum absolute atomic E-state index is 11.0. The topological polar surface area (TPSA) is 67.2 Å². The van der Waals surface area contributed by atoms with Crippen molar-refractivity contribution in [2.45, 2.75) is 26.2 Å². The number of hydrogen-bond acceptors (Lipinski definition) is 5. The lowest BCUT2D eigenvalue weighted by atomic mass is 10.0. The number of nitro benzene ring substituents is 1. The van der Waals surface area contributed by atoms with Crippen LogP contribution in [-0.4, -0.2) is 29.5 Å². The predicted octanol–water partition coefficient (Wildman–Crippen LogP) is 3.97. The van der Waals surface area contributed by atoms with Crippen molar-refractivity contribution in [1.29, 1.82) is 0 Å². The zero-order chi connectivity index (χ0) is 15.1. The van der Waals surface area contributed by atoms with Gasteiger partial charge in [-0.3, -0.25) is 10.1 Å². The first kappa shape index (κ1) is 15.9. The van der Waals surface area contributed by atoms with Crippen molar-refractivity contribution in [3.8, 4) is 0 Å². The number of benzene rings is 1. The van der Waals surface area contributed by atoms with Crippen molar-refractivity contribution in [2.24, 2.45) is 5.92 Å². The summed E-state index contributed by atoms with van der Waals surface area (Å²) in [5.41, 5.74) is 1.78.